The Labute approximate surface area is 200 Å². The Hall–Kier alpha value is -2.26. The molecule has 0 N–H and O–H groups in total. The predicted octanol–water partition coefficient (Wildman–Crippen LogP) is 8.12. The predicted molar refractivity (Wildman–Crippen MR) is 80.7 cm³/mol. The van der Waals surface area contributed by atoms with E-state index in [1.165, 1.54) is 0 Å². The van der Waals surface area contributed by atoms with Gasteiger partial charge in [-0.1, -0.05) is 6.58 Å². The van der Waals surface area contributed by atoms with Crippen molar-refractivity contribution in [1.82, 2.24) is 0 Å². The zero-order valence-electron chi connectivity index (χ0n) is 17.9. The topological polar surface area (TPSA) is 26.3 Å². The lowest BCUT2D eigenvalue weighted by Crippen LogP contribution is -2.76. The summed E-state index contributed by atoms with van der Waals surface area (Å²) < 4.78 is 282. The number of alkyl halides is 21. The quantitative estimate of drug-likeness (QED) is 0.124. The number of hydrogen-bond donors (Lipinski definition) is 0. The van der Waals surface area contributed by atoms with Gasteiger partial charge < -0.3 is 4.74 Å². The van der Waals surface area contributed by atoms with Gasteiger partial charge in [0.25, 0.3) is 0 Å². The average molecular weight is 632 g/mol. The number of hydrogen-bond acceptors (Lipinski definition) is 2. The molecular formula is C16H9F21O2. The SMILES string of the molecule is C=C(C)C(=O)OC(F)(F)C(F)(F)C(F)(F)C(F)(F)C(F)(F)C(F)(F)C(F)(F)C(F)(F)C(F)(F)CCC(F)(F)F. The maximum Gasteiger partial charge on any atom is 0.473 e. The molecule has 2 nitrogen and oxygen atoms in total. The van der Waals surface area contributed by atoms with Crippen LogP contribution in [0.2, 0.25) is 0 Å². The van der Waals surface area contributed by atoms with Crippen LogP contribution in [0.5, 0.6) is 0 Å². The lowest BCUT2D eigenvalue weighted by Gasteiger charge is -2.44. The monoisotopic (exact) mass is 632 g/mol. The number of carbonyl (C=O) groups excluding carboxylic acids is 1. The summed E-state index contributed by atoms with van der Waals surface area (Å²) in [6.07, 6.45) is -20.2. The summed E-state index contributed by atoms with van der Waals surface area (Å²) in [7, 11) is 0. The van der Waals surface area contributed by atoms with Crippen LogP contribution >= 0.6 is 0 Å². The third kappa shape index (κ3) is 5.53. The van der Waals surface area contributed by atoms with Crippen molar-refractivity contribution in [2.45, 2.75) is 79.4 Å². The highest BCUT2D eigenvalue weighted by atomic mass is 19.4. The summed E-state index contributed by atoms with van der Waals surface area (Å²) in [6, 6.07) is 0. The van der Waals surface area contributed by atoms with Crippen LogP contribution in [0.3, 0.4) is 0 Å². The summed E-state index contributed by atoms with van der Waals surface area (Å²) in [6.45, 7) is 2.72. The van der Waals surface area contributed by atoms with Crippen LogP contribution in [0.1, 0.15) is 19.8 Å². The lowest BCUT2D eigenvalue weighted by molar-refractivity contribution is -0.474. The van der Waals surface area contributed by atoms with Crippen LogP contribution in [0.25, 0.3) is 0 Å². The molecular weight excluding hydrogens is 623 g/mol. The molecule has 0 unspecified atom stereocenters. The lowest BCUT2D eigenvalue weighted by atomic mass is 9.86. The number of ether oxygens (including phenoxy) is 1. The van der Waals surface area contributed by atoms with Gasteiger partial charge in [-0.15, -0.1) is 0 Å². The maximum absolute atomic E-state index is 13.7. The first kappa shape index (κ1) is 36.7. The van der Waals surface area contributed by atoms with E-state index in [1.54, 1.807) is 0 Å². The summed E-state index contributed by atoms with van der Waals surface area (Å²) in [5.41, 5.74) is -1.40. The summed E-state index contributed by atoms with van der Waals surface area (Å²) >= 11 is 0. The molecule has 23 heteroatoms. The molecule has 0 heterocycles. The molecule has 0 fully saturated rings. The van der Waals surface area contributed by atoms with Crippen LogP contribution in [0.4, 0.5) is 92.2 Å². The first-order valence-electron chi connectivity index (χ1n) is 8.89. The molecule has 0 aromatic carbocycles. The van der Waals surface area contributed by atoms with Crippen LogP contribution < -0.4 is 0 Å². The maximum atomic E-state index is 13.7. The molecule has 39 heavy (non-hydrogen) atoms. The van der Waals surface area contributed by atoms with Gasteiger partial charge in [-0.3, -0.25) is 0 Å². The standard InChI is InChI=1S/C16H9F21O2/c1-5(2)6(38)39-16(36,37)15(34,35)14(32,33)13(30,31)12(28,29)11(26,27)10(24,25)9(22,23)7(17,18)3-4-8(19,20)21/h1,3-4H2,2H3. The molecule has 0 rings (SSSR count). The second-order valence-electron chi connectivity index (χ2n) is 7.53. The van der Waals surface area contributed by atoms with Crippen molar-refractivity contribution in [3.05, 3.63) is 12.2 Å². The molecule has 0 saturated heterocycles. The van der Waals surface area contributed by atoms with Gasteiger partial charge in [-0.25, -0.2) is 4.79 Å². The highest BCUT2D eigenvalue weighted by Crippen LogP contribution is 2.65. The van der Waals surface area contributed by atoms with E-state index in [9.17, 15) is 97.0 Å². The Balaban J connectivity index is 6.89. The molecule has 0 saturated carbocycles. The number of carbonyl (C=O) groups is 1. The number of rotatable bonds is 12. The van der Waals surface area contributed by atoms with Gasteiger partial charge in [0.1, 0.15) is 0 Å². The number of halogens is 21. The van der Waals surface area contributed by atoms with Gasteiger partial charge in [0, 0.05) is 18.4 Å². The molecule has 0 bridgehead atoms. The Morgan fingerprint density at radius 1 is 0.513 bits per heavy atom. The van der Waals surface area contributed by atoms with Gasteiger partial charge in [0.15, 0.2) is 0 Å². The second kappa shape index (κ2) is 9.68. The second-order valence-corrected chi connectivity index (χ2v) is 7.53. The van der Waals surface area contributed by atoms with Crippen molar-refractivity contribution < 1.29 is 102 Å². The van der Waals surface area contributed by atoms with Crippen molar-refractivity contribution >= 4 is 5.97 Å². The van der Waals surface area contributed by atoms with Gasteiger partial charge >= 0.3 is 65.6 Å². The molecule has 0 aliphatic rings. The van der Waals surface area contributed by atoms with Crippen molar-refractivity contribution in [2.24, 2.45) is 0 Å². The van der Waals surface area contributed by atoms with Crippen LogP contribution in [-0.2, 0) is 9.53 Å². The van der Waals surface area contributed by atoms with Gasteiger partial charge in [0.2, 0.25) is 0 Å². The van der Waals surface area contributed by atoms with Crippen molar-refractivity contribution in [3.63, 3.8) is 0 Å². The molecule has 232 valence electrons. The molecule has 0 aromatic rings. The van der Waals surface area contributed by atoms with Gasteiger partial charge in [0.05, 0.1) is 0 Å². The fourth-order valence-corrected chi connectivity index (χ4v) is 2.12. The Morgan fingerprint density at radius 3 is 1.08 bits per heavy atom. The van der Waals surface area contributed by atoms with Crippen LogP contribution in [-0.4, -0.2) is 65.6 Å². The third-order valence-corrected chi connectivity index (χ3v) is 4.48. The van der Waals surface area contributed by atoms with Crippen LogP contribution in [0, 0.1) is 0 Å². The van der Waals surface area contributed by atoms with E-state index >= 15 is 0 Å². The Morgan fingerprint density at radius 2 is 0.795 bits per heavy atom. The molecule has 0 amide bonds. The van der Waals surface area contributed by atoms with E-state index in [-0.39, 0.29) is 0 Å². The fourth-order valence-electron chi connectivity index (χ4n) is 2.12. The minimum Gasteiger partial charge on any atom is -0.393 e. The fraction of sp³-hybridized carbons (Fsp3) is 0.812. The summed E-state index contributed by atoms with van der Waals surface area (Å²) in [5.74, 6) is -71.2. The Bertz CT molecular complexity index is 929. The van der Waals surface area contributed by atoms with E-state index in [0.29, 0.717) is 6.92 Å². The van der Waals surface area contributed by atoms with E-state index < -0.39 is 84.0 Å². The molecule has 0 aliphatic carbocycles. The molecule has 0 spiro atoms. The average Bonchev–Trinajstić information content (AvgIpc) is 2.70. The van der Waals surface area contributed by atoms with Crippen molar-refractivity contribution in [2.75, 3.05) is 0 Å². The molecule has 0 aromatic heterocycles. The van der Waals surface area contributed by atoms with Crippen molar-refractivity contribution in [3.8, 4) is 0 Å². The van der Waals surface area contributed by atoms with E-state index in [1.807, 2.05) is 0 Å². The molecule has 0 radical (unpaired) electrons. The summed E-state index contributed by atoms with van der Waals surface area (Å²) in [4.78, 5) is 10.8. The minimum atomic E-state index is -9.10. The van der Waals surface area contributed by atoms with Gasteiger partial charge in [-0.2, -0.15) is 92.2 Å². The van der Waals surface area contributed by atoms with E-state index in [0.717, 1.165) is 0 Å². The first-order chi connectivity index (χ1) is 16.5. The highest BCUT2D eigenvalue weighted by Gasteiger charge is 2.96. The first-order valence-corrected chi connectivity index (χ1v) is 8.89. The van der Waals surface area contributed by atoms with Gasteiger partial charge in [-0.05, 0) is 6.92 Å². The third-order valence-electron chi connectivity index (χ3n) is 4.48. The summed E-state index contributed by atoms with van der Waals surface area (Å²) in [5, 5.41) is 0. The minimum absolute atomic E-state index is 0.310. The Kier molecular flexibility index (Phi) is 9.12. The molecule has 0 aliphatic heterocycles. The smallest absolute Gasteiger partial charge is 0.393 e. The normalized spacial score (nSPS) is 15.8. The molecule has 0 atom stereocenters. The van der Waals surface area contributed by atoms with E-state index in [2.05, 4.69) is 11.3 Å². The zero-order chi connectivity index (χ0) is 32.3. The van der Waals surface area contributed by atoms with E-state index in [4.69, 9.17) is 0 Å². The van der Waals surface area contributed by atoms with Crippen molar-refractivity contribution in [1.29, 1.82) is 0 Å². The highest BCUT2D eigenvalue weighted by molar-refractivity contribution is 5.87. The number of esters is 1. The van der Waals surface area contributed by atoms with Crippen LogP contribution in [0.15, 0.2) is 12.2 Å². The largest absolute Gasteiger partial charge is 0.473 e. The zero-order valence-corrected chi connectivity index (χ0v) is 17.9.